The quantitative estimate of drug-likeness (QED) is 0.645. The number of aromatic nitrogens is 2. The average molecular weight is 175 g/mol. The van der Waals surface area contributed by atoms with Gasteiger partial charge in [-0.2, -0.15) is 0 Å². The lowest BCUT2D eigenvalue weighted by Crippen LogP contribution is -2.29. The molecular formula is C10H13N3. The SMILES string of the molecule is C=C(C)N1CCc2ncncc2C1. The molecule has 3 heteroatoms. The van der Waals surface area contributed by atoms with E-state index in [9.17, 15) is 0 Å². The second-order valence-electron chi connectivity index (χ2n) is 3.40. The molecule has 0 aliphatic carbocycles. The smallest absolute Gasteiger partial charge is 0.115 e. The number of allylic oxidation sites excluding steroid dienone is 1. The molecule has 1 aromatic rings. The molecule has 0 N–H and O–H groups in total. The van der Waals surface area contributed by atoms with Gasteiger partial charge in [0.05, 0.1) is 5.69 Å². The molecule has 0 bridgehead atoms. The zero-order valence-electron chi connectivity index (χ0n) is 7.82. The van der Waals surface area contributed by atoms with Gasteiger partial charge in [0.1, 0.15) is 6.33 Å². The van der Waals surface area contributed by atoms with Gasteiger partial charge in [-0.15, -0.1) is 0 Å². The van der Waals surface area contributed by atoms with Gasteiger partial charge in [-0.1, -0.05) is 6.58 Å². The average Bonchev–Trinajstić information content (AvgIpc) is 2.17. The monoisotopic (exact) mass is 175 g/mol. The topological polar surface area (TPSA) is 29.0 Å². The highest BCUT2D eigenvalue weighted by atomic mass is 15.1. The highest BCUT2D eigenvalue weighted by Gasteiger charge is 2.15. The van der Waals surface area contributed by atoms with E-state index in [1.165, 1.54) is 11.3 Å². The number of rotatable bonds is 1. The molecule has 1 aromatic heterocycles. The third-order valence-electron chi connectivity index (χ3n) is 2.40. The first-order chi connectivity index (χ1) is 6.27. The summed E-state index contributed by atoms with van der Waals surface area (Å²) < 4.78 is 0. The van der Waals surface area contributed by atoms with E-state index in [1.807, 2.05) is 13.1 Å². The lowest BCUT2D eigenvalue weighted by Gasteiger charge is -2.29. The van der Waals surface area contributed by atoms with Gasteiger partial charge in [0.2, 0.25) is 0 Å². The van der Waals surface area contributed by atoms with Crippen molar-refractivity contribution in [2.24, 2.45) is 0 Å². The summed E-state index contributed by atoms with van der Waals surface area (Å²) in [5.74, 6) is 0. The molecule has 0 spiro atoms. The summed E-state index contributed by atoms with van der Waals surface area (Å²) in [6.45, 7) is 7.91. The first-order valence-corrected chi connectivity index (χ1v) is 4.45. The molecule has 0 amide bonds. The van der Waals surface area contributed by atoms with Crippen molar-refractivity contribution in [1.29, 1.82) is 0 Å². The Kier molecular flexibility index (Phi) is 2.00. The fourth-order valence-corrected chi connectivity index (χ4v) is 1.59. The molecule has 68 valence electrons. The van der Waals surface area contributed by atoms with Crippen LogP contribution in [0.3, 0.4) is 0 Å². The largest absolute Gasteiger partial charge is 0.371 e. The maximum Gasteiger partial charge on any atom is 0.115 e. The predicted molar refractivity (Wildman–Crippen MR) is 51.0 cm³/mol. The van der Waals surface area contributed by atoms with Crippen molar-refractivity contribution in [3.05, 3.63) is 36.1 Å². The Balaban J connectivity index is 2.24. The Labute approximate surface area is 78.1 Å². The van der Waals surface area contributed by atoms with Crippen molar-refractivity contribution in [2.45, 2.75) is 19.9 Å². The Morgan fingerprint density at radius 3 is 3.23 bits per heavy atom. The minimum absolute atomic E-state index is 0.908. The molecule has 0 radical (unpaired) electrons. The summed E-state index contributed by atoms with van der Waals surface area (Å²) in [5.41, 5.74) is 3.54. The fraction of sp³-hybridized carbons (Fsp3) is 0.400. The highest BCUT2D eigenvalue weighted by Crippen LogP contribution is 2.17. The Morgan fingerprint density at radius 2 is 2.46 bits per heavy atom. The van der Waals surface area contributed by atoms with Crippen LogP contribution in [0.2, 0.25) is 0 Å². The van der Waals surface area contributed by atoms with Crippen LogP contribution in [0, 0.1) is 0 Å². The van der Waals surface area contributed by atoms with Gasteiger partial charge in [0.15, 0.2) is 0 Å². The van der Waals surface area contributed by atoms with Crippen LogP contribution in [0.1, 0.15) is 18.2 Å². The van der Waals surface area contributed by atoms with E-state index in [0.717, 1.165) is 25.2 Å². The number of nitrogens with zero attached hydrogens (tertiary/aromatic N) is 3. The van der Waals surface area contributed by atoms with Crippen molar-refractivity contribution in [1.82, 2.24) is 14.9 Å². The van der Waals surface area contributed by atoms with Gasteiger partial charge in [-0.05, 0) is 6.92 Å². The molecule has 2 rings (SSSR count). The van der Waals surface area contributed by atoms with Crippen LogP contribution in [0.4, 0.5) is 0 Å². The second-order valence-corrected chi connectivity index (χ2v) is 3.40. The third-order valence-corrected chi connectivity index (χ3v) is 2.40. The van der Waals surface area contributed by atoms with E-state index in [4.69, 9.17) is 0 Å². The molecule has 0 saturated carbocycles. The van der Waals surface area contributed by atoms with Crippen LogP contribution in [0.25, 0.3) is 0 Å². The summed E-state index contributed by atoms with van der Waals surface area (Å²) in [5, 5.41) is 0. The summed E-state index contributed by atoms with van der Waals surface area (Å²) >= 11 is 0. The van der Waals surface area contributed by atoms with Crippen molar-refractivity contribution < 1.29 is 0 Å². The summed E-state index contributed by atoms with van der Waals surface area (Å²) in [4.78, 5) is 10.5. The summed E-state index contributed by atoms with van der Waals surface area (Å²) in [7, 11) is 0. The molecule has 0 aromatic carbocycles. The van der Waals surface area contributed by atoms with Crippen molar-refractivity contribution in [3.63, 3.8) is 0 Å². The van der Waals surface area contributed by atoms with E-state index in [0.29, 0.717) is 0 Å². The molecule has 2 heterocycles. The van der Waals surface area contributed by atoms with Gasteiger partial charge in [0.25, 0.3) is 0 Å². The molecule has 1 aliphatic rings. The van der Waals surface area contributed by atoms with E-state index in [2.05, 4.69) is 21.4 Å². The molecule has 0 unspecified atom stereocenters. The van der Waals surface area contributed by atoms with E-state index in [1.54, 1.807) is 6.33 Å². The van der Waals surface area contributed by atoms with Crippen LogP contribution >= 0.6 is 0 Å². The predicted octanol–water partition coefficient (Wildman–Crippen LogP) is 1.37. The first kappa shape index (κ1) is 8.23. The van der Waals surface area contributed by atoms with Gasteiger partial charge in [-0.3, -0.25) is 0 Å². The van der Waals surface area contributed by atoms with Crippen molar-refractivity contribution in [2.75, 3.05) is 6.54 Å². The van der Waals surface area contributed by atoms with Gasteiger partial charge >= 0.3 is 0 Å². The second kappa shape index (κ2) is 3.17. The molecule has 0 fully saturated rings. The molecule has 13 heavy (non-hydrogen) atoms. The molecule has 3 nitrogen and oxygen atoms in total. The lowest BCUT2D eigenvalue weighted by molar-refractivity contribution is 0.320. The highest BCUT2D eigenvalue weighted by molar-refractivity contribution is 5.20. The molecule has 0 atom stereocenters. The molecule has 1 aliphatic heterocycles. The van der Waals surface area contributed by atoms with Gasteiger partial charge < -0.3 is 4.90 Å². The van der Waals surface area contributed by atoms with E-state index < -0.39 is 0 Å². The van der Waals surface area contributed by atoms with Gasteiger partial charge in [-0.25, -0.2) is 9.97 Å². The minimum atomic E-state index is 0.908. The maximum atomic E-state index is 4.25. The van der Waals surface area contributed by atoms with Crippen LogP contribution < -0.4 is 0 Å². The van der Waals surface area contributed by atoms with Crippen molar-refractivity contribution in [3.8, 4) is 0 Å². The zero-order valence-corrected chi connectivity index (χ0v) is 7.82. The minimum Gasteiger partial charge on any atom is -0.371 e. The maximum absolute atomic E-state index is 4.25. The van der Waals surface area contributed by atoms with Crippen LogP contribution in [0.5, 0.6) is 0 Å². The number of fused-ring (bicyclic) bond motifs is 1. The number of hydrogen-bond donors (Lipinski definition) is 0. The Morgan fingerprint density at radius 1 is 1.62 bits per heavy atom. The lowest BCUT2D eigenvalue weighted by atomic mass is 10.1. The zero-order chi connectivity index (χ0) is 9.26. The number of hydrogen-bond acceptors (Lipinski definition) is 3. The normalized spacial score (nSPS) is 15.3. The Hall–Kier alpha value is -1.38. The van der Waals surface area contributed by atoms with E-state index in [-0.39, 0.29) is 0 Å². The Bertz CT molecular complexity index is 333. The third kappa shape index (κ3) is 1.54. The fourth-order valence-electron chi connectivity index (χ4n) is 1.59. The molecule has 0 saturated heterocycles. The van der Waals surface area contributed by atoms with Crippen LogP contribution in [0.15, 0.2) is 24.8 Å². The first-order valence-electron chi connectivity index (χ1n) is 4.45. The standard InChI is InChI=1S/C10H13N3/c1-8(2)13-4-3-10-9(6-13)5-11-7-12-10/h5,7H,1,3-4,6H2,2H3. The van der Waals surface area contributed by atoms with Crippen LogP contribution in [-0.4, -0.2) is 21.4 Å². The van der Waals surface area contributed by atoms with E-state index >= 15 is 0 Å². The molecular weight excluding hydrogens is 162 g/mol. The van der Waals surface area contributed by atoms with Crippen molar-refractivity contribution >= 4 is 0 Å². The van der Waals surface area contributed by atoms with Crippen LogP contribution in [-0.2, 0) is 13.0 Å². The van der Waals surface area contributed by atoms with Gasteiger partial charge in [0, 0.05) is 37.0 Å². The summed E-state index contributed by atoms with van der Waals surface area (Å²) in [6, 6.07) is 0. The summed E-state index contributed by atoms with van der Waals surface area (Å²) in [6.07, 6.45) is 4.53.